The maximum atomic E-state index is 12.4. The number of nitrogens with zero attached hydrogens (tertiary/aromatic N) is 2. The van der Waals surface area contributed by atoms with E-state index in [9.17, 15) is 4.79 Å². The van der Waals surface area contributed by atoms with Crippen LogP contribution in [0.4, 0.5) is 0 Å². The average molecular weight is 328 g/mol. The van der Waals surface area contributed by atoms with Gasteiger partial charge < -0.3 is 4.57 Å². The van der Waals surface area contributed by atoms with E-state index in [0.717, 1.165) is 13.0 Å². The molecule has 0 aliphatic heterocycles. The summed E-state index contributed by atoms with van der Waals surface area (Å²) in [4.78, 5) is 16.5. The normalized spacial score (nSPS) is 10.6. The van der Waals surface area contributed by atoms with Gasteiger partial charge in [-0.25, -0.2) is 4.98 Å². The van der Waals surface area contributed by atoms with E-state index in [1.807, 2.05) is 10.8 Å². The molecule has 94 valence electrons. The minimum atomic E-state index is -0.100. The second-order valence-corrected chi connectivity index (χ2v) is 5.19. The highest BCUT2D eigenvalue weighted by atomic mass is 79.9. The molecule has 1 aromatic heterocycles. The van der Waals surface area contributed by atoms with Crippen molar-refractivity contribution in [2.45, 2.75) is 19.9 Å². The molecule has 3 nitrogen and oxygen atoms in total. The lowest BCUT2D eigenvalue weighted by molar-refractivity contribution is 0.102. The van der Waals surface area contributed by atoms with Crippen LogP contribution >= 0.6 is 27.5 Å². The van der Waals surface area contributed by atoms with Gasteiger partial charge >= 0.3 is 0 Å². The number of hydrogen-bond acceptors (Lipinski definition) is 2. The molecular formula is C13H12BrClN2O. The molecule has 0 atom stereocenters. The minimum absolute atomic E-state index is 0.100. The zero-order valence-corrected chi connectivity index (χ0v) is 12.2. The summed E-state index contributed by atoms with van der Waals surface area (Å²) in [6, 6.07) is 5.12. The standard InChI is InChI=1S/C13H12BrClN2O/c1-2-6-17-7-5-16-13(17)12(18)10-4-3-9(15)8-11(10)14/h3-5,7-8H,2,6H2,1H3. The third kappa shape index (κ3) is 2.65. The molecule has 1 aromatic carbocycles. The molecule has 2 rings (SSSR count). The maximum Gasteiger partial charge on any atom is 0.229 e. The molecular weight excluding hydrogens is 316 g/mol. The summed E-state index contributed by atoms with van der Waals surface area (Å²) < 4.78 is 2.55. The van der Waals surface area contributed by atoms with Crippen molar-refractivity contribution < 1.29 is 4.79 Å². The van der Waals surface area contributed by atoms with Crippen LogP contribution in [0.5, 0.6) is 0 Å². The second-order valence-electron chi connectivity index (χ2n) is 3.90. The lowest BCUT2D eigenvalue weighted by Gasteiger charge is -2.07. The van der Waals surface area contributed by atoms with Gasteiger partial charge in [0.25, 0.3) is 0 Å². The van der Waals surface area contributed by atoms with Crippen molar-refractivity contribution in [3.05, 3.63) is 51.5 Å². The van der Waals surface area contributed by atoms with Crippen molar-refractivity contribution in [2.75, 3.05) is 0 Å². The third-order valence-corrected chi connectivity index (χ3v) is 3.45. The Kier molecular flexibility index (Phi) is 4.19. The van der Waals surface area contributed by atoms with E-state index in [-0.39, 0.29) is 5.78 Å². The van der Waals surface area contributed by atoms with Gasteiger partial charge in [-0.3, -0.25) is 4.79 Å². The zero-order chi connectivity index (χ0) is 13.1. The number of ketones is 1. The Hall–Kier alpha value is -1.13. The highest BCUT2D eigenvalue weighted by Crippen LogP contribution is 2.23. The molecule has 0 bridgehead atoms. The molecule has 1 heterocycles. The summed E-state index contributed by atoms with van der Waals surface area (Å²) in [5.41, 5.74) is 0.572. The van der Waals surface area contributed by atoms with Crippen molar-refractivity contribution in [1.82, 2.24) is 9.55 Å². The number of halogens is 2. The van der Waals surface area contributed by atoms with Gasteiger partial charge in [0.2, 0.25) is 5.78 Å². The average Bonchev–Trinajstić information content (AvgIpc) is 2.77. The van der Waals surface area contributed by atoms with E-state index >= 15 is 0 Å². The Morgan fingerprint density at radius 3 is 2.94 bits per heavy atom. The number of carbonyl (C=O) groups is 1. The Morgan fingerprint density at radius 2 is 2.28 bits per heavy atom. The van der Waals surface area contributed by atoms with E-state index < -0.39 is 0 Å². The molecule has 18 heavy (non-hydrogen) atoms. The number of imidazole rings is 1. The van der Waals surface area contributed by atoms with Crippen LogP contribution in [-0.4, -0.2) is 15.3 Å². The second kappa shape index (κ2) is 5.67. The largest absolute Gasteiger partial charge is 0.328 e. The van der Waals surface area contributed by atoms with Gasteiger partial charge in [0.05, 0.1) is 0 Å². The summed E-state index contributed by atoms with van der Waals surface area (Å²) in [5, 5.41) is 0.593. The Morgan fingerprint density at radius 1 is 1.50 bits per heavy atom. The molecule has 0 radical (unpaired) electrons. The molecule has 5 heteroatoms. The highest BCUT2D eigenvalue weighted by Gasteiger charge is 2.17. The predicted molar refractivity (Wildman–Crippen MR) is 75.1 cm³/mol. The van der Waals surface area contributed by atoms with Crippen molar-refractivity contribution >= 4 is 33.3 Å². The SMILES string of the molecule is CCCn1ccnc1C(=O)c1ccc(Cl)cc1Br. The number of carbonyl (C=O) groups excluding carboxylic acids is 1. The smallest absolute Gasteiger partial charge is 0.229 e. The molecule has 0 fully saturated rings. The number of rotatable bonds is 4. The summed E-state index contributed by atoms with van der Waals surface area (Å²) in [7, 11) is 0. The van der Waals surface area contributed by atoms with E-state index in [1.165, 1.54) is 0 Å². The van der Waals surface area contributed by atoms with Gasteiger partial charge in [0.15, 0.2) is 5.82 Å². The zero-order valence-electron chi connectivity index (χ0n) is 9.86. The van der Waals surface area contributed by atoms with Crippen LogP contribution in [0, 0.1) is 0 Å². The Bertz CT molecular complexity index is 580. The van der Waals surface area contributed by atoms with Crippen LogP contribution in [0.1, 0.15) is 29.5 Å². The van der Waals surface area contributed by atoms with Crippen LogP contribution in [0.2, 0.25) is 5.02 Å². The lowest BCUT2D eigenvalue weighted by atomic mass is 10.1. The molecule has 0 aliphatic carbocycles. The van der Waals surface area contributed by atoms with Crippen LogP contribution < -0.4 is 0 Å². The molecule has 0 saturated carbocycles. The quantitative estimate of drug-likeness (QED) is 0.797. The molecule has 0 saturated heterocycles. The Balaban J connectivity index is 2.38. The molecule has 0 spiro atoms. The first-order chi connectivity index (χ1) is 8.63. The van der Waals surface area contributed by atoms with Gasteiger partial charge in [-0.15, -0.1) is 0 Å². The first kappa shape index (κ1) is 13.3. The number of hydrogen-bond donors (Lipinski definition) is 0. The van der Waals surface area contributed by atoms with E-state index in [1.54, 1.807) is 24.4 Å². The van der Waals surface area contributed by atoms with E-state index in [2.05, 4.69) is 27.8 Å². The lowest BCUT2D eigenvalue weighted by Crippen LogP contribution is -2.11. The fraction of sp³-hybridized carbons (Fsp3) is 0.231. The monoisotopic (exact) mass is 326 g/mol. The Labute approximate surface area is 119 Å². The van der Waals surface area contributed by atoms with Crippen LogP contribution in [0.15, 0.2) is 35.1 Å². The van der Waals surface area contributed by atoms with Crippen molar-refractivity contribution in [3.8, 4) is 0 Å². The summed E-state index contributed by atoms with van der Waals surface area (Å²) in [5.74, 6) is 0.358. The maximum absolute atomic E-state index is 12.4. The van der Waals surface area contributed by atoms with Gasteiger partial charge in [0, 0.05) is 34.0 Å². The number of aromatic nitrogens is 2. The summed E-state index contributed by atoms with van der Waals surface area (Å²) >= 11 is 9.22. The van der Waals surface area contributed by atoms with E-state index in [4.69, 9.17) is 11.6 Å². The van der Waals surface area contributed by atoms with Gasteiger partial charge in [-0.1, -0.05) is 18.5 Å². The fourth-order valence-corrected chi connectivity index (χ4v) is 2.60. The molecule has 0 N–H and O–H groups in total. The highest BCUT2D eigenvalue weighted by molar-refractivity contribution is 9.10. The third-order valence-electron chi connectivity index (χ3n) is 2.56. The molecule has 0 aliphatic rings. The van der Waals surface area contributed by atoms with Gasteiger partial charge in [-0.2, -0.15) is 0 Å². The first-order valence-electron chi connectivity index (χ1n) is 5.64. The van der Waals surface area contributed by atoms with Crippen LogP contribution in [0.3, 0.4) is 0 Å². The van der Waals surface area contributed by atoms with E-state index in [0.29, 0.717) is 20.9 Å². The minimum Gasteiger partial charge on any atom is -0.328 e. The van der Waals surface area contributed by atoms with Crippen molar-refractivity contribution in [3.63, 3.8) is 0 Å². The van der Waals surface area contributed by atoms with Gasteiger partial charge in [0.1, 0.15) is 0 Å². The number of aryl methyl sites for hydroxylation is 1. The predicted octanol–water partition coefficient (Wildman–Crippen LogP) is 3.94. The summed E-state index contributed by atoms with van der Waals surface area (Å²) in [6.07, 6.45) is 4.42. The molecule has 0 amide bonds. The molecule has 2 aromatic rings. The first-order valence-corrected chi connectivity index (χ1v) is 6.81. The van der Waals surface area contributed by atoms with Crippen LogP contribution in [-0.2, 0) is 6.54 Å². The summed E-state index contributed by atoms with van der Waals surface area (Å²) in [6.45, 7) is 2.85. The van der Waals surface area contributed by atoms with Crippen molar-refractivity contribution in [2.24, 2.45) is 0 Å². The number of benzene rings is 1. The van der Waals surface area contributed by atoms with Gasteiger partial charge in [-0.05, 0) is 40.5 Å². The topological polar surface area (TPSA) is 34.9 Å². The van der Waals surface area contributed by atoms with Crippen molar-refractivity contribution in [1.29, 1.82) is 0 Å². The molecule has 0 unspecified atom stereocenters. The fourth-order valence-electron chi connectivity index (χ4n) is 1.73. The van der Waals surface area contributed by atoms with Crippen LogP contribution in [0.25, 0.3) is 0 Å².